The summed E-state index contributed by atoms with van der Waals surface area (Å²) in [6.45, 7) is 2.93. The first-order valence-corrected chi connectivity index (χ1v) is 9.14. The number of nitrogens with zero attached hydrogens (tertiary/aromatic N) is 4. The van der Waals surface area contributed by atoms with Crippen LogP contribution in [0.15, 0.2) is 27.7 Å². The molecule has 0 atom stereocenters. The zero-order valence-electron chi connectivity index (χ0n) is 12.4. The van der Waals surface area contributed by atoms with Gasteiger partial charge in [-0.3, -0.25) is 4.79 Å². The van der Waals surface area contributed by atoms with Gasteiger partial charge in [0.15, 0.2) is 4.80 Å². The average molecular weight is 413 g/mol. The second kappa shape index (κ2) is 7.00. The predicted octanol–water partition coefficient (Wildman–Crippen LogP) is 3.01. The van der Waals surface area contributed by atoms with Crippen LogP contribution in [-0.2, 0) is 11.3 Å². The Bertz CT molecular complexity index is 928. The van der Waals surface area contributed by atoms with Crippen molar-refractivity contribution >= 4 is 54.9 Å². The number of ether oxygens (including phenoxy) is 1. The first-order chi connectivity index (χ1) is 11.1. The molecule has 0 unspecified atom stereocenters. The Kier molecular flexibility index (Phi) is 5.00. The van der Waals surface area contributed by atoms with Gasteiger partial charge in [-0.2, -0.15) is 4.99 Å². The molecule has 3 aromatic rings. The van der Waals surface area contributed by atoms with Crippen LogP contribution < -0.4 is 4.80 Å². The second-order valence-corrected chi connectivity index (χ2v) is 7.42. The van der Waals surface area contributed by atoms with Gasteiger partial charge in [-0.1, -0.05) is 31.8 Å². The van der Waals surface area contributed by atoms with E-state index in [0.717, 1.165) is 26.2 Å². The third-order valence-corrected chi connectivity index (χ3v) is 5.56. The number of amides is 1. The van der Waals surface area contributed by atoms with Crippen molar-refractivity contribution in [2.45, 2.75) is 13.5 Å². The van der Waals surface area contributed by atoms with Crippen LogP contribution in [0.4, 0.5) is 0 Å². The van der Waals surface area contributed by atoms with Crippen molar-refractivity contribution in [1.82, 2.24) is 14.2 Å². The van der Waals surface area contributed by atoms with Gasteiger partial charge in [0.2, 0.25) is 0 Å². The topological polar surface area (TPSA) is 69.4 Å². The molecule has 23 heavy (non-hydrogen) atoms. The number of halogens is 1. The first kappa shape index (κ1) is 16.4. The summed E-state index contributed by atoms with van der Waals surface area (Å²) in [7, 11) is 1.65. The molecule has 1 aromatic carbocycles. The van der Waals surface area contributed by atoms with E-state index < -0.39 is 0 Å². The number of methoxy groups -OCH3 is 1. The van der Waals surface area contributed by atoms with E-state index >= 15 is 0 Å². The molecule has 9 heteroatoms. The van der Waals surface area contributed by atoms with Crippen LogP contribution in [0.1, 0.15) is 15.4 Å². The maximum atomic E-state index is 12.4. The van der Waals surface area contributed by atoms with Gasteiger partial charge < -0.3 is 9.30 Å². The number of aryl methyl sites for hydroxylation is 1. The summed E-state index contributed by atoms with van der Waals surface area (Å²) in [4.78, 5) is 17.8. The number of hydrogen-bond acceptors (Lipinski definition) is 6. The van der Waals surface area contributed by atoms with Gasteiger partial charge in [-0.05, 0) is 36.7 Å². The zero-order chi connectivity index (χ0) is 16.4. The lowest BCUT2D eigenvalue weighted by Crippen LogP contribution is -2.19. The minimum absolute atomic E-state index is 0.311. The van der Waals surface area contributed by atoms with Crippen molar-refractivity contribution in [2.24, 2.45) is 4.99 Å². The zero-order valence-corrected chi connectivity index (χ0v) is 15.7. The molecule has 0 saturated carbocycles. The first-order valence-electron chi connectivity index (χ1n) is 6.76. The van der Waals surface area contributed by atoms with Gasteiger partial charge in [-0.25, -0.2) is 0 Å². The molecule has 0 aliphatic carbocycles. The van der Waals surface area contributed by atoms with Crippen LogP contribution in [0.3, 0.4) is 0 Å². The van der Waals surface area contributed by atoms with E-state index in [2.05, 4.69) is 30.5 Å². The number of hydrogen-bond donors (Lipinski definition) is 0. The summed E-state index contributed by atoms with van der Waals surface area (Å²) in [5.74, 6) is -0.311. The fourth-order valence-electron chi connectivity index (χ4n) is 2.10. The molecule has 0 bridgehead atoms. The fraction of sp³-hybridized carbons (Fsp3) is 0.286. The standard InChI is InChI=1S/C14H13BrN4O2S2/c1-8-12(23-18-17-8)13(20)16-14-19(5-6-21-2)10-4-3-9(15)7-11(10)22-14/h3-4,7H,5-6H2,1-2H3. The van der Waals surface area contributed by atoms with Gasteiger partial charge in [-0.15, -0.1) is 5.10 Å². The second-order valence-electron chi connectivity index (χ2n) is 4.75. The van der Waals surface area contributed by atoms with Gasteiger partial charge in [0.25, 0.3) is 5.91 Å². The minimum atomic E-state index is -0.311. The molecule has 3 rings (SSSR count). The Morgan fingerprint density at radius 2 is 2.30 bits per heavy atom. The number of aromatic nitrogens is 3. The third kappa shape index (κ3) is 3.42. The SMILES string of the molecule is COCCn1c(=NC(=O)c2snnc2C)sc2cc(Br)ccc21. The van der Waals surface area contributed by atoms with E-state index in [1.807, 2.05) is 22.8 Å². The molecule has 6 nitrogen and oxygen atoms in total. The summed E-state index contributed by atoms with van der Waals surface area (Å²) in [6, 6.07) is 6.00. The Balaban J connectivity index is 2.13. The monoisotopic (exact) mass is 412 g/mol. The number of carbonyl (C=O) groups excluding carboxylic acids is 1. The largest absolute Gasteiger partial charge is 0.383 e. The molecule has 1 amide bonds. The van der Waals surface area contributed by atoms with Crippen molar-refractivity contribution < 1.29 is 9.53 Å². The van der Waals surface area contributed by atoms with Crippen molar-refractivity contribution in [2.75, 3.05) is 13.7 Å². The van der Waals surface area contributed by atoms with Crippen LogP contribution in [-0.4, -0.2) is 33.8 Å². The quantitative estimate of drug-likeness (QED) is 0.660. The van der Waals surface area contributed by atoms with Crippen LogP contribution in [0, 0.1) is 6.92 Å². The minimum Gasteiger partial charge on any atom is -0.383 e. The molecule has 120 valence electrons. The number of fused-ring (bicyclic) bond motifs is 1. The Morgan fingerprint density at radius 1 is 1.48 bits per heavy atom. The van der Waals surface area contributed by atoms with Crippen LogP contribution in [0.5, 0.6) is 0 Å². The molecule has 2 aromatic heterocycles. The number of rotatable bonds is 4. The van der Waals surface area contributed by atoms with E-state index in [4.69, 9.17) is 4.74 Å². The Hall–Kier alpha value is -1.42. The molecule has 0 spiro atoms. The molecular weight excluding hydrogens is 400 g/mol. The third-order valence-electron chi connectivity index (χ3n) is 3.21. The number of thiazole rings is 1. The molecule has 2 heterocycles. The number of carbonyl (C=O) groups is 1. The van der Waals surface area contributed by atoms with E-state index in [9.17, 15) is 4.79 Å². The highest BCUT2D eigenvalue weighted by Crippen LogP contribution is 2.22. The lowest BCUT2D eigenvalue weighted by molar-refractivity contribution is 0.100. The summed E-state index contributed by atoms with van der Waals surface area (Å²) >= 11 is 6.01. The molecule has 0 aliphatic heterocycles. The summed E-state index contributed by atoms with van der Waals surface area (Å²) in [5, 5.41) is 3.86. The maximum Gasteiger partial charge on any atom is 0.293 e. The fourth-order valence-corrected chi connectivity index (χ4v) is 4.24. The van der Waals surface area contributed by atoms with Crippen LogP contribution in [0.2, 0.25) is 0 Å². The maximum absolute atomic E-state index is 12.4. The summed E-state index contributed by atoms with van der Waals surface area (Å²) < 4.78 is 13.0. The van der Waals surface area contributed by atoms with Crippen molar-refractivity contribution in [1.29, 1.82) is 0 Å². The molecule has 0 aliphatic rings. The van der Waals surface area contributed by atoms with E-state index in [-0.39, 0.29) is 5.91 Å². The molecule has 0 radical (unpaired) electrons. The Labute approximate surface area is 148 Å². The van der Waals surface area contributed by atoms with Gasteiger partial charge in [0.05, 0.1) is 22.5 Å². The molecule has 0 N–H and O–H groups in total. The van der Waals surface area contributed by atoms with E-state index in [0.29, 0.717) is 28.5 Å². The molecular formula is C14H13BrN4O2S2. The van der Waals surface area contributed by atoms with Gasteiger partial charge in [0, 0.05) is 18.1 Å². The van der Waals surface area contributed by atoms with E-state index in [1.165, 1.54) is 11.3 Å². The van der Waals surface area contributed by atoms with Crippen molar-refractivity contribution in [3.8, 4) is 0 Å². The van der Waals surface area contributed by atoms with Crippen LogP contribution >= 0.6 is 38.8 Å². The van der Waals surface area contributed by atoms with E-state index in [1.54, 1.807) is 14.0 Å². The van der Waals surface area contributed by atoms with Gasteiger partial charge >= 0.3 is 0 Å². The van der Waals surface area contributed by atoms with Crippen LogP contribution in [0.25, 0.3) is 10.2 Å². The lowest BCUT2D eigenvalue weighted by Gasteiger charge is -2.04. The molecule has 0 saturated heterocycles. The Morgan fingerprint density at radius 3 is 3.00 bits per heavy atom. The lowest BCUT2D eigenvalue weighted by atomic mass is 10.3. The highest BCUT2D eigenvalue weighted by Gasteiger charge is 2.14. The smallest absolute Gasteiger partial charge is 0.293 e. The van der Waals surface area contributed by atoms with Crippen molar-refractivity contribution in [3.63, 3.8) is 0 Å². The normalized spacial score (nSPS) is 12.2. The van der Waals surface area contributed by atoms with Gasteiger partial charge in [0.1, 0.15) is 4.88 Å². The molecule has 0 fully saturated rings. The summed E-state index contributed by atoms with van der Waals surface area (Å²) in [5.41, 5.74) is 1.64. The number of benzene rings is 1. The summed E-state index contributed by atoms with van der Waals surface area (Å²) in [6.07, 6.45) is 0. The highest BCUT2D eigenvalue weighted by molar-refractivity contribution is 9.10. The van der Waals surface area contributed by atoms with Crippen molar-refractivity contribution in [3.05, 3.63) is 38.0 Å². The highest BCUT2D eigenvalue weighted by atomic mass is 79.9. The average Bonchev–Trinajstić information content (AvgIpc) is 3.08. The predicted molar refractivity (Wildman–Crippen MR) is 93.9 cm³/mol.